The minimum absolute atomic E-state index is 0.0168. The van der Waals surface area contributed by atoms with Gasteiger partial charge in [0.25, 0.3) is 5.69 Å². The molecule has 18 heavy (non-hydrogen) atoms. The van der Waals surface area contributed by atoms with Gasteiger partial charge in [0, 0.05) is 21.9 Å². The van der Waals surface area contributed by atoms with Crippen LogP contribution in [0.25, 0.3) is 0 Å². The Balaban J connectivity index is 2.21. The van der Waals surface area contributed by atoms with Crippen LogP contribution in [-0.2, 0) is 0 Å². The Morgan fingerprint density at radius 3 is 2.50 bits per heavy atom. The summed E-state index contributed by atoms with van der Waals surface area (Å²) in [6.45, 7) is 0. The number of thiophene rings is 1. The van der Waals surface area contributed by atoms with Crippen molar-refractivity contribution in [3.05, 3.63) is 50.7 Å². The van der Waals surface area contributed by atoms with Crippen LogP contribution in [0.4, 0.5) is 5.69 Å². The number of hydrogen-bond acceptors (Lipinski definition) is 5. The average Bonchev–Trinajstić information content (AvgIpc) is 2.78. The summed E-state index contributed by atoms with van der Waals surface area (Å²) in [5.41, 5.74) is 0.0168. The number of nitro benzene ring substituents is 1. The number of hydrogen-bond donors (Lipinski definition) is 1. The fourth-order valence-electron chi connectivity index (χ4n) is 1.30. The second kappa shape index (κ2) is 5.19. The van der Waals surface area contributed by atoms with Crippen LogP contribution in [0.1, 0.15) is 9.67 Å². The standard InChI is InChI=1S/C11H7NO4S2/c13-11(14)10-9(5-6-17-10)18-8-3-1-7(2-4-8)12(15)16/h1-6H,(H,13,14). The number of carbonyl (C=O) groups is 1. The van der Waals surface area contributed by atoms with Crippen molar-refractivity contribution in [3.8, 4) is 0 Å². The normalized spacial score (nSPS) is 10.2. The highest BCUT2D eigenvalue weighted by Crippen LogP contribution is 2.34. The lowest BCUT2D eigenvalue weighted by atomic mass is 10.3. The maximum absolute atomic E-state index is 10.9. The van der Waals surface area contributed by atoms with Gasteiger partial charge in [0.05, 0.1) is 4.92 Å². The molecule has 5 nitrogen and oxygen atoms in total. The minimum Gasteiger partial charge on any atom is -0.477 e. The van der Waals surface area contributed by atoms with Crippen LogP contribution in [0, 0.1) is 10.1 Å². The van der Waals surface area contributed by atoms with Gasteiger partial charge in [0.2, 0.25) is 0 Å². The third-order valence-electron chi connectivity index (χ3n) is 2.10. The molecule has 2 aromatic rings. The van der Waals surface area contributed by atoms with Crippen LogP contribution in [0.2, 0.25) is 0 Å². The Labute approximate surface area is 110 Å². The maximum atomic E-state index is 10.9. The number of benzene rings is 1. The van der Waals surface area contributed by atoms with Crippen LogP contribution in [-0.4, -0.2) is 16.0 Å². The molecule has 0 saturated carbocycles. The number of rotatable bonds is 4. The molecule has 7 heteroatoms. The lowest BCUT2D eigenvalue weighted by Crippen LogP contribution is -1.93. The number of aromatic carboxylic acids is 1. The first-order chi connectivity index (χ1) is 8.58. The van der Waals surface area contributed by atoms with E-state index >= 15 is 0 Å². The third-order valence-corrected chi connectivity index (χ3v) is 4.20. The molecule has 0 fully saturated rings. The van der Waals surface area contributed by atoms with Crippen LogP contribution in [0.5, 0.6) is 0 Å². The molecule has 0 bridgehead atoms. The molecular weight excluding hydrogens is 274 g/mol. The second-order valence-corrected chi connectivity index (χ2v) is 5.30. The van der Waals surface area contributed by atoms with Gasteiger partial charge in [0.15, 0.2) is 0 Å². The Hall–Kier alpha value is -1.86. The molecule has 0 aliphatic carbocycles. The van der Waals surface area contributed by atoms with Gasteiger partial charge in [-0.15, -0.1) is 11.3 Å². The Morgan fingerprint density at radius 1 is 1.28 bits per heavy atom. The van der Waals surface area contributed by atoms with Gasteiger partial charge in [-0.1, -0.05) is 11.8 Å². The molecule has 1 N–H and O–H groups in total. The summed E-state index contributed by atoms with van der Waals surface area (Å²) in [4.78, 5) is 22.6. The fourth-order valence-corrected chi connectivity index (χ4v) is 3.12. The second-order valence-electron chi connectivity index (χ2n) is 3.27. The maximum Gasteiger partial charge on any atom is 0.347 e. The molecule has 0 saturated heterocycles. The monoisotopic (exact) mass is 281 g/mol. The quantitative estimate of drug-likeness (QED) is 0.685. The number of carboxylic acid groups (broad SMARTS) is 1. The van der Waals surface area contributed by atoms with Crippen molar-refractivity contribution in [2.75, 3.05) is 0 Å². The molecule has 0 unspecified atom stereocenters. The lowest BCUT2D eigenvalue weighted by molar-refractivity contribution is -0.384. The summed E-state index contributed by atoms with van der Waals surface area (Å²) in [5, 5.41) is 21.2. The molecule has 92 valence electrons. The van der Waals surface area contributed by atoms with Crippen LogP contribution < -0.4 is 0 Å². The number of carboxylic acids is 1. The van der Waals surface area contributed by atoms with Gasteiger partial charge in [-0.2, -0.15) is 0 Å². The fraction of sp³-hybridized carbons (Fsp3) is 0. The summed E-state index contributed by atoms with van der Waals surface area (Å²) < 4.78 is 0. The topological polar surface area (TPSA) is 80.4 Å². The molecule has 0 amide bonds. The van der Waals surface area contributed by atoms with Gasteiger partial charge in [-0.25, -0.2) is 4.79 Å². The average molecular weight is 281 g/mol. The molecule has 1 aromatic carbocycles. The number of nitrogens with zero attached hydrogens (tertiary/aromatic N) is 1. The summed E-state index contributed by atoms with van der Waals surface area (Å²) in [6.07, 6.45) is 0. The van der Waals surface area contributed by atoms with E-state index in [0.717, 1.165) is 16.2 Å². The van der Waals surface area contributed by atoms with Gasteiger partial charge in [-0.05, 0) is 23.6 Å². The molecule has 0 aliphatic heterocycles. The van der Waals surface area contributed by atoms with E-state index in [1.54, 1.807) is 23.6 Å². The van der Waals surface area contributed by atoms with Crippen molar-refractivity contribution in [1.82, 2.24) is 0 Å². The van der Waals surface area contributed by atoms with Crippen molar-refractivity contribution in [3.63, 3.8) is 0 Å². The Kier molecular flexibility index (Phi) is 3.63. The first-order valence-corrected chi connectivity index (χ1v) is 6.50. The van der Waals surface area contributed by atoms with Crippen molar-refractivity contribution in [1.29, 1.82) is 0 Å². The molecule has 1 aromatic heterocycles. The summed E-state index contributed by atoms with van der Waals surface area (Å²) in [5.74, 6) is -0.964. The van der Waals surface area contributed by atoms with E-state index in [1.165, 1.54) is 23.9 Å². The van der Waals surface area contributed by atoms with Crippen molar-refractivity contribution < 1.29 is 14.8 Å². The smallest absolute Gasteiger partial charge is 0.347 e. The highest BCUT2D eigenvalue weighted by Gasteiger charge is 2.13. The summed E-state index contributed by atoms with van der Waals surface area (Å²) in [7, 11) is 0. The predicted octanol–water partition coefficient (Wildman–Crippen LogP) is 3.51. The zero-order valence-corrected chi connectivity index (χ0v) is 10.5. The Morgan fingerprint density at radius 2 is 1.94 bits per heavy atom. The molecule has 0 radical (unpaired) electrons. The SMILES string of the molecule is O=C(O)c1sccc1Sc1ccc([N+](=O)[O-])cc1. The molecule has 0 spiro atoms. The molecule has 2 rings (SSSR count). The van der Waals surface area contributed by atoms with Crippen LogP contribution >= 0.6 is 23.1 Å². The predicted molar refractivity (Wildman–Crippen MR) is 68.5 cm³/mol. The van der Waals surface area contributed by atoms with Crippen LogP contribution in [0.3, 0.4) is 0 Å². The molecule has 1 heterocycles. The van der Waals surface area contributed by atoms with Gasteiger partial charge in [-0.3, -0.25) is 10.1 Å². The van der Waals surface area contributed by atoms with E-state index in [-0.39, 0.29) is 10.6 Å². The molecular formula is C11H7NO4S2. The zero-order valence-electron chi connectivity index (χ0n) is 8.90. The highest BCUT2D eigenvalue weighted by atomic mass is 32.2. The third kappa shape index (κ3) is 2.69. The summed E-state index contributed by atoms with van der Waals surface area (Å²) in [6, 6.07) is 7.72. The van der Waals surface area contributed by atoms with Gasteiger partial charge < -0.3 is 5.11 Å². The minimum atomic E-state index is -0.964. The Bertz CT molecular complexity index is 591. The molecule has 0 atom stereocenters. The van der Waals surface area contributed by atoms with Crippen molar-refractivity contribution in [2.45, 2.75) is 9.79 Å². The van der Waals surface area contributed by atoms with Crippen molar-refractivity contribution in [2.24, 2.45) is 0 Å². The van der Waals surface area contributed by atoms with Crippen LogP contribution in [0.15, 0.2) is 45.5 Å². The van der Waals surface area contributed by atoms with E-state index < -0.39 is 10.9 Å². The highest BCUT2D eigenvalue weighted by molar-refractivity contribution is 7.99. The largest absolute Gasteiger partial charge is 0.477 e. The lowest BCUT2D eigenvalue weighted by Gasteiger charge is -2.00. The van der Waals surface area contributed by atoms with Gasteiger partial charge >= 0.3 is 5.97 Å². The number of non-ortho nitro benzene ring substituents is 1. The van der Waals surface area contributed by atoms with Crippen molar-refractivity contribution >= 4 is 34.8 Å². The summed E-state index contributed by atoms with van der Waals surface area (Å²) >= 11 is 2.43. The molecule has 0 aliphatic rings. The van der Waals surface area contributed by atoms with E-state index in [1.807, 2.05) is 0 Å². The number of nitro groups is 1. The zero-order chi connectivity index (χ0) is 13.1. The van der Waals surface area contributed by atoms with E-state index in [2.05, 4.69) is 0 Å². The van der Waals surface area contributed by atoms with E-state index in [4.69, 9.17) is 5.11 Å². The van der Waals surface area contributed by atoms with Gasteiger partial charge in [0.1, 0.15) is 4.88 Å². The first-order valence-electron chi connectivity index (χ1n) is 4.81. The van der Waals surface area contributed by atoms with E-state index in [0.29, 0.717) is 4.90 Å². The van der Waals surface area contributed by atoms with E-state index in [9.17, 15) is 14.9 Å². The first kappa shape index (κ1) is 12.6.